The molecule has 166 valence electrons. The number of ether oxygens (including phenoxy) is 1. The normalized spacial score (nSPS) is 11.8. The lowest BCUT2D eigenvalue weighted by Crippen LogP contribution is -2.31. The van der Waals surface area contributed by atoms with E-state index in [0.29, 0.717) is 5.01 Å². The van der Waals surface area contributed by atoms with Crippen LogP contribution in [0.15, 0.2) is 54.7 Å². The van der Waals surface area contributed by atoms with Gasteiger partial charge in [0.05, 0.1) is 35.3 Å². The minimum Gasteiger partial charge on any atom is -0.463 e. The van der Waals surface area contributed by atoms with E-state index in [2.05, 4.69) is 10.3 Å². The molecule has 32 heavy (non-hydrogen) atoms. The first-order chi connectivity index (χ1) is 15.3. The highest BCUT2D eigenvalue weighted by molar-refractivity contribution is 7.16. The number of hydrogen-bond acceptors (Lipinski definition) is 7. The first-order valence-electron chi connectivity index (χ1n) is 9.70. The van der Waals surface area contributed by atoms with Gasteiger partial charge in [-0.3, -0.25) is 19.7 Å². The number of aromatic nitrogens is 1. The molecule has 0 radical (unpaired) electrons. The summed E-state index contributed by atoms with van der Waals surface area (Å²) < 4.78 is 19.2. The number of para-hydroxylation sites is 1. The molecule has 2 aromatic carbocycles. The van der Waals surface area contributed by atoms with E-state index in [1.165, 1.54) is 30.5 Å². The third kappa shape index (κ3) is 5.52. The van der Waals surface area contributed by atoms with Crippen LogP contribution in [0.25, 0.3) is 10.6 Å². The van der Waals surface area contributed by atoms with E-state index in [1.54, 1.807) is 38.1 Å². The zero-order chi connectivity index (χ0) is 23.3. The van der Waals surface area contributed by atoms with Crippen molar-refractivity contribution in [1.29, 1.82) is 0 Å². The fourth-order valence-electron chi connectivity index (χ4n) is 3.03. The number of benzene rings is 2. The Balaban J connectivity index is 1.88. The number of esters is 1. The Hall–Kier alpha value is -3.66. The highest BCUT2D eigenvalue weighted by atomic mass is 32.1. The molecule has 1 heterocycles. The summed E-state index contributed by atoms with van der Waals surface area (Å²) in [4.78, 5) is 40.3. The van der Waals surface area contributed by atoms with Crippen molar-refractivity contribution in [1.82, 2.24) is 10.3 Å². The predicted octanol–water partition coefficient (Wildman–Crippen LogP) is 4.67. The summed E-state index contributed by atoms with van der Waals surface area (Å²) >= 11 is 0.972. The topological polar surface area (TPSA) is 111 Å². The van der Waals surface area contributed by atoms with Gasteiger partial charge in [-0.15, -0.1) is 11.3 Å². The van der Waals surface area contributed by atoms with Gasteiger partial charge in [0.25, 0.3) is 11.6 Å². The molecule has 0 aliphatic heterocycles. The minimum atomic E-state index is -1.01. The van der Waals surface area contributed by atoms with Gasteiger partial charge in [-0.25, -0.2) is 9.37 Å². The molecule has 10 heteroatoms. The highest BCUT2D eigenvalue weighted by Gasteiger charge is 2.27. The molecule has 0 saturated carbocycles. The lowest BCUT2D eigenvalue weighted by molar-refractivity contribution is -0.385. The number of nitrogens with one attached hydrogen (secondary N) is 1. The number of carbonyl (C=O) groups is 2. The van der Waals surface area contributed by atoms with E-state index in [4.69, 9.17) is 4.74 Å². The van der Waals surface area contributed by atoms with Crippen molar-refractivity contribution in [2.45, 2.75) is 32.4 Å². The van der Waals surface area contributed by atoms with Crippen molar-refractivity contribution in [3.8, 4) is 10.6 Å². The van der Waals surface area contributed by atoms with Gasteiger partial charge in [0.15, 0.2) is 0 Å². The van der Waals surface area contributed by atoms with Gasteiger partial charge >= 0.3 is 5.97 Å². The number of rotatable bonds is 8. The van der Waals surface area contributed by atoms with Gasteiger partial charge in [0, 0.05) is 11.6 Å². The van der Waals surface area contributed by atoms with Gasteiger partial charge in [-0.05, 0) is 26.0 Å². The molecule has 0 bridgehead atoms. The maximum atomic E-state index is 14.0. The Labute approximate surface area is 187 Å². The SMILES string of the molecule is CC(C)OC(=O)CC(NC(=O)c1cnc(-c2ccccc2F)s1)c1ccccc1[N+](=O)[O-]. The van der Waals surface area contributed by atoms with Crippen LogP contribution in [-0.4, -0.2) is 27.9 Å². The van der Waals surface area contributed by atoms with Gasteiger partial charge in [0.1, 0.15) is 15.7 Å². The average molecular weight is 457 g/mol. The average Bonchev–Trinajstić information content (AvgIpc) is 3.23. The smallest absolute Gasteiger partial charge is 0.308 e. The van der Waals surface area contributed by atoms with Gasteiger partial charge in [0.2, 0.25) is 0 Å². The molecule has 1 unspecified atom stereocenters. The van der Waals surface area contributed by atoms with E-state index < -0.39 is 28.7 Å². The standard InChI is InChI=1S/C22H20FN3O5S/c1-13(2)31-20(27)11-17(15-8-4-6-10-18(15)26(29)30)25-21(28)19-12-24-22(32-19)14-7-3-5-9-16(14)23/h3-10,12-13,17H,11H2,1-2H3,(H,25,28). The Morgan fingerprint density at radius 3 is 2.56 bits per heavy atom. The van der Waals surface area contributed by atoms with E-state index in [9.17, 15) is 24.1 Å². The van der Waals surface area contributed by atoms with Gasteiger partial charge < -0.3 is 10.1 Å². The summed E-state index contributed by atoms with van der Waals surface area (Å²) in [6.45, 7) is 3.36. The number of thiazole rings is 1. The van der Waals surface area contributed by atoms with Crippen LogP contribution < -0.4 is 5.32 Å². The molecule has 0 fully saturated rings. The molecular weight excluding hydrogens is 437 g/mol. The molecule has 0 aliphatic rings. The minimum absolute atomic E-state index is 0.170. The van der Waals surface area contributed by atoms with Crippen LogP contribution in [0, 0.1) is 15.9 Å². The summed E-state index contributed by atoms with van der Waals surface area (Å²) in [7, 11) is 0. The molecule has 1 amide bonds. The molecule has 3 aromatic rings. The zero-order valence-corrected chi connectivity index (χ0v) is 18.1. The monoisotopic (exact) mass is 457 g/mol. The largest absolute Gasteiger partial charge is 0.463 e. The molecule has 1 atom stereocenters. The summed E-state index contributed by atoms with van der Waals surface area (Å²) in [6, 6.07) is 10.9. The number of hydrogen-bond donors (Lipinski definition) is 1. The zero-order valence-electron chi connectivity index (χ0n) is 17.3. The number of amides is 1. The molecule has 8 nitrogen and oxygen atoms in total. The van der Waals surface area contributed by atoms with Crippen molar-refractivity contribution >= 4 is 28.9 Å². The molecule has 0 spiro atoms. The number of carbonyl (C=O) groups excluding carboxylic acids is 2. The summed E-state index contributed by atoms with van der Waals surface area (Å²) in [5.74, 6) is -1.67. The molecular formula is C22H20FN3O5S. The number of nitro groups is 1. The second-order valence-corrected chi connectivity index (χ2v) is 8.12. The van der Waals surface area contributed by atoms with Crippen LogP contribution in [0.2, 0.25) is 0 Å². The molecule has 0 aliphatic carbocycles. The summed E-state index contributed by atoms with van der Waals surface area (Å²) in [6.07, 6.45) is 0.618. The Morgan fingerprint density at radius 1 is 1.19 bits per heavy atom. The van der Waals surface area contributed by atoms with Crippen LogP contribution in [0.1, 0.15) is 41.5 Å². The van der Waals surface area contributed by atoms with Crippen molar-refractivity contribution in [3.05, 3.63) is 81.1 Å². The van der Waals surface area contributed by atoms with Gasteiger partial charge in [-0.1, -0.05) is 30.3 Å². The predicted molar refractivity (Wildman–Crippen MR) is 117 cm³/mol. The first-order valence-corrected chi connectivity index (χ1v) is 10.5. The Kier molecular flexibility index (Phi) is 7.26. The van der Waals surface area contributed by atoms with Crippen molar-refractivity contribution < 1.29 is 23.6 Å². The maximum Gasteiger partial charge on any atom is 0.308 e. The lowest BCUT2D eigenvalue weighted by Gasteiger charge is -2.19. The fourth-order valence-corrected chi connectivity index (χ4v) is 3.88. The highest BCUT2D eigenvalue weighted by Crippen LogP contribution is 2.30. The van der Waals surface area contributed by atoms with E-state index in [1.807, 2.05) is 0 Å². The van der Waals surface area contributed by atoms with Crippen molar-refractivity contribution in [3.63, 3.8) is 0 Å². The second kappa shape index (κ2) is 10.1. The second-order valence-electron chi connectivity index (χ2n) is 7.09. The number of nitrogens with zero attached hydrogens (tertiary/aromatic N) is 2. The quantitative estimate of drug-likeness (QED) is 0.299. The molecule has 1 aromatic heterocycles. The number of nitro benzene ring substituents is 1. The first kappa shape index (κ1) is 23.0. The summed E-state index contributed by atoms with van der Waals surface area (Å²) in [5, 5.41) is 14.4. The Bertz CT molecular complexity index is 1150. The third-order valence-corrected chi connectivity index (χ3v) is 5.42. The maximum absolute atomic E-state index is 14.0. The lowest BCUT2D eigenvalue weighted by atomic mass is 10.0. The van der Waals surface area contributed by atoms with Crippen LogP contribution in [0.5, 0.6) is 0 Å². The van der Waals surface area contributed by atoms with Crippen molar-refractivity contribution in [2.75, 3.05) is 0 Å². The molecule has 0 saturated heterocycles. The fraction of sp³-hybridized carbons (Fsp3) is 0.227. The molecule has 1 N–H and O–H groups in total. The Morgan fingerprint density at radius 2 is 1.88 bits per heavy atom. The van der Waals surface area contributed by atoms with Gasteiger partial charge in [-0.2, -0.15) is 0 Å². The van der Waals surface area contributed by atoms with Crippen LogP contribution in [0.4, 0.5) is 10.1 Å². The van der Waals surface area contributed by atoms with Crippen LogP contribution in [-0.2, 0) is 9.53 Å². The summed E-state index contributed by atoms with van der Waals surface area (Å²) in [5.41, 5.74) is 0.198. The van der Waals surface area contributed by atoms with Crippen molar-refractivity contribution in [2.24, 2.45) is 0 Å². The third-order valence-electron chi connectivity index (χ3n) is 4.39. The number of halogens is 1. The van der Waals surface area contributed by atoms with Crippen LogP contribution >= 0.6 is 11.3 Å². The van der Waals surface area contributed by atoms with E-state index in [0.717, 1.165) is 11.3 Å². The van der Waals surface area contributed by atoms with Crippen LogP contribution in [0.3, 0.4) is 0 Å². The van der Waals surface area contributed by atoms with E-state index in [-0.39, 0.29) is 34.2 Å². The molecule has 3 rings (SSSR count). The van der Waals surface area contributed by atoms with E-state index >= 15 is 0 Å².